The zero-order chi connectivity index (χ0) is 12.1. The van der Waals surface area contributed by atoms with Crippen LogP contribution in [-0.2, 0) is 11.3 Å². The Balaban J connectivity index is 1.84. The Morgan fingerprint density at radius 3 is 2.94 bits per heavy atom. The van der Waals surface area contributed by atoms with E-state index in [1.807, 2.05) is 11.0 Å². The predicted molar refractivity (Wildman–Crippen MR) is 61.9 cm³/mol. The van der Waals surface area contributed by atoms with Gasteiger partial charge in [0.1, 0.15) is 6.07 Å². The molecule has 1 aliphatic rings. The van der Waals surface area contributed by atoms with E-state index < -0.39 is 0 Å². The minimum Gasteiger partial charge on any atom is -0.339 e. The number of aromatic nitrogens is 2. The van der Waals surface area contributed by atoms with Gasteiger partial charge in [-0.25, -0.2) is 0 Å². The molecule has 1 amide bonds. The van der Waals surface area contributed by atoms with E-state index in [-0.39, 0.29) is 5.91 Å². The highest BCUT2D eigenvalue weighted by molar-refractivity contribution is 5.87. The van der Waals surface area contributed by atoms with Crippen molar-refractivity contribution in [1.29, 1.82) is 5.26 Å². The first-order chi connectivity index (χ1) is 8.29. The van der Waals surface area contributed by atoms with Gasteiger partial charge in [0.05, 0.1) is 18.3 Å². The van der Waals surface area contributed by atoms with Crippen LogP contribution in [0.3, 0.4) is 0 Å². The molecule has 0 spiro atoms. The number of carbonyl (C=O) groups is 1. The van der Waals surface area contributed by atoms with E-state index in [0.717, 1.165) is 25.9 Å². The summed E-state index contributed by atoms with van der Waals surface area (Å²) in [5.74, 6) is 0.0650. The van der Waals surface area contributed by atoms with Gasteiger partial charge in [-0.2, -0.15) is 10.4 Å². The van der Waals surface area contributed by atoms with Crippen molar-refractivity contribution >= 4 is 5.91 Å². The lowest BCUT2D eigenvalue weighted by Crippen LogP contribution is -2.25. The second-order valence-electron chi connectivity index (χ2n) is 4.00. The summed E-state index contributed by atoms with van der Waals surface area (Å²) in [6, 6.07) is 2.01. The number of hydrogen-bond acceptors (Lipinski definition) is 3. The van der Waals surface area contributed by atoms with Crippen LogP contribution in [0.25, 0.3) is 0 Å². The average Bonchev–Trinajstić information content (AvgIpc) is 3.00. The van der Waals surface area contributed by atoms with E-state index in [1.165, 1.54) is 6.20 Å². The smallest absolute Gasteiger partial charge is 0.246 e. The summed E-state index contributed by atoms with van der Waals surface area (Å²) in [7, 11) is 0. The largest absolute Gasteiger partial charge is 0.339 e. The normalized spacial score (nSPS) is 15.4. The molecule has 0 radical (unpaired) electrons. The number of nitrogens with zero attached hydrogens (tertiary/aromatic N) is 4. The third kappa shape index (κ3) is 2.94. The SMILES string of the molecule is N#Cc1cnn(C/C=C/C(=O)N2CCCC2)c1. The van der Waals surface area contributed by atoms with Crippen molar-refractivity contribution in [1.82, 2.24) is 14.7 Å². The molecule has 88 valence electrons. The van der Waals surface area contributed by atoms with Crippen LogP contribution in [0.1, 0.15) is 18.4 Å². The molecule has 5 nitrogen and oxygen atoms in total. The summed E-state index contributed by atoms with van der Waals surface area (Å²) < 4.78 is 1.63. The van der Waals surface area contributed by atoms with E-state index in [1.54, 1.807) is 23.0 Å². The number of allylic oxidation sites excluding steroid dienone is 1. The Kier molecular flexibility index (Phi) is 3.55. The maximum absolute atomic E-state index is 11.7. The van der Waals surface area contributed by atoms with Crippen molar-refractivity contribution in [3.05, 3.63) is 30.1 Å². The molecule has 0 atom stereocenters. The second kappa shape index (κ2) is 5.30. The lowest BCUT2D eigenvalue weighted by atomic mass is 10.4. The molecule has 0 unspecified atom stereocenters. The molecule has 0 aliphatic carbocycles. The van der Waals surface area contributed by atoms with Gasteiger partial charge in [0.25, 0.3) is 0 Å². The van der Waals surface area contributed by atoms with E-state index in [9.17, 15) is 4.79 Å². The van der Waals surface area contributed by atoms with Gasteiger partial charge in [0.2, 0.25) is 5.91 Å². The third-order valence-electron chi connectivity index (χ3n) is 2.73. The van der Waals surface area contributed by atoms with Crippen LogP contribution in [0.2, 0.25) is 0 Å². The monoisotopic (exact) mass is 230 g/mol. The van der Waals surface area contributed by atoms with Crippen LogP contribution in [0.4, 0.5) is 0 Å². The van der Waals surface area contributed by atoms with Gasteiger partial charge >= 0.3 is 0 Å². The highest BCUT2D eigenvalue weighted by Gasteiger charge is 2.14. The fourth-order valence-corrected chi connectivity index (χ4v) is 1.83. The minimum absolute atomic E-state index is 0.0650. The molecule has 2 heterocycles. The molecule has 0 N–H and O–H groups in total. The topological polar surface area (TPSA) is 61.9 Å². The van der Waals surface area contributed by atoms with Crippen LogP contribution in [0, 0.1) is 11.3 Å². The van der Waals surface area contributed by atoms with Gasteiger partial charge in [0, 0.05) is 25.4 Å². The molecular weight excluding hydrogens is 216 g/mol. The third-order valence-corrected chi connectivity index (χ3v) is 2.73. The molecule has 17 heavy (non-hydrogen) atoms. The van der Waals surface area contributed by atoms with Gasteiger partial charge in [-0.05, 0) is 12.8 Å². The molecule has 1 aromatic heterocycles. The Morgan fingerprint density at radius 1 is 1.53 bits per heavy atom. The lowest BCUT2D eigenvalue weighted by Gasteiger charge is -2.11. The number of hydrogen-bond donors (Lipinski definition) is 0. The molecule has 0 saturated carbocycles. The van der Waals surface area contributed by atoms with E-state index in [4.69, 9.17) is 5.26 Å². The van der Waals surface area contributed by atoms with Gasteiger partial charge in [-0.3, -0.25) is 9.48 Å². The zero-order valence-electron chi connectivity index (χ0n) is 9.54. The molecule has 1 fully saturated rings. The summed E-state index contributed by atoms with van der Waals surface area (Å²) in [4.78, 5) is 13.5. The molecule has 0 aromatic carbocycles. The fourth-order valence-electron chi connectivity index (χ4n) is 1.83. The number of carbonyl (C=O) groups excluding carboxylic acids is 1. The van der Waals surface area contributed by atoms with Crippen LogP contribution < -0.4 is 0 Å². The lowest BCUT2D eigenvalue weighted by molar-refractivity contribution is -0.125. The van der Waals surface area contributed by atoms with Crippen molar-refractivity contribution in [2.24, 2.45) is 0 Å². The first-order valence-corrected chi connectivity index (χ1v) is 5.67. The Morgan fingerprint density at radius 2 is 2.29 bits per heavy atom. The van der Waals surface area contributed by atoms with Gasteiger partial charge in [-0.15, -0.1) is 0 Å². The van der Waals surface area contributed by atoms with Crippen LogP contribution in [0.15, 0.2) is 24.5 Å². The van der Waals surface area contributed by atoms with Crippen molar-refractivity contribution < 1.29 is 4.79 Å². The van der Waals surface area contributed by atoms with Gasteiger partial charge in [0.15, 0.2) is 0 Å². The summed E-state index contributed by atoms with van der Waals surface area (Å²) in [6.45, 7) is 2.24. The Bertz CT molecular complexity index is 463. The number of amides is 1. The number of likely N-dealkylation sites (tertiary alicyclic amines) is 1. The van der Waals surface area contributed by atoms with Crippen LogP contribution in [-0.4, -0.2) is 33.7 Å². The van der Waals surface area contributed by atoms with Crippen LogP contribution >= 0.6 is 0 Å². The summed E-state index contributed by atoms with van der Waals surface area (Å²) in [6.07, 6.45) is 8.73. The molecular formula is C12H14N4O. The number of nitriles is 1. The maximum atomic E-state index is 11.7. The molecule has 1 aromatic rings. The van der Waals surface area contributed by atoms with E-state index in [0.29, 0.717) is 12.1 Å². The highest BCUT2D eigenvalue weighted by Crippen LogP contribution is 2.07. The van der Waals surface area contributed by atoms with Crippen molar-refractivity contribution in [3.63, 3.8) is 0 Å². The minimum atomic E-state index is 0.0650. The Labute approximate surface area is 99.9 Å². The summed E-state index contributed by atoms with van der Waals surface area (Å²) >= 11 is 0. The summed E-state index contributed by atoms with van der Waals surface area (Å²) in [5, 5.41) is 12.6. The second-order valence-corrected chi connectivity index (χ2v) is 4.00. The Hall–Kier alpha value is -2.09. The average molecular weight is 230 g/mol. The van der Waals surface area contributed by atoms with Crippen molar-refractivity contribution in [2.45, 2.75) is 19.4 Å². The van der Waals surface area contributed by atoms with Crippen molar-refractivity contribution in [2.75, 3.05) is 13.1 Å². The first-order valence-electron chi connectivity index (χ1n) is 5.67. The molecule has 2 rings (SSSR count). The van der Waals surface area contributed by atoms with Gasteiger partial charge < -0.3 is 4.90 Å². The van der Waals surface area contributed by atoms with E-state index in [2.05, 4.69) is 5.10 Å². The maximum Gasteiger partial charge on any atom is 0.246 e. The zero-order valence-corrected chi connectivity index (χ0v) is 9.54. The molecule has 5 heteroatoms. The predicted octanol–water partition coefficient (Wildman–Crippen LogP) is 0.933. The van der Waals surface area contributed by atoms with Crippen molar-refractivity contribution in [3.8, 4) is 6.07 Å². The standard InChI is InChI=1S/C12H14N4O/c13-8-11-9-14-16(10-11)7-3-4-12(17)15-5-1-2-6-15/h3-4,9-10H,1-2,5-7H2/b4-3+. The van der Waals surface area contributed by atoms with Crippen LogP contribution in [0.5, 0.6) is 0 Å². The summed E-state index contributed by atoms with van der Waals surface area (Å²) in [5.41, 5.74) is 0.532. The van der Waals surface area contributed by atoms with E-state index >= 15 is 0 Å². The fraction of sp³-hybridized carbons (Fsp3) is 0.417. The first kappa shape index (κ1) is 11.4. The molecule has 0 bridgehead atoms. The molecule has 1 aliphatic heterocycles. The number of rotatable bonds is 3. The quantitative estimate of drug-likeness (QED) is 0.726. The van der Waals surface area contributed by atoms with Gasteiger partial charge in [-0.1, -0.05) is 6.08 Å². The molecule has 1 saturated heterocycles. The highest BCUT2D eigenvalue weighted by atomic mass is 16.2.